The van der Waals surface area contributed by atoms with Crippen molar-refractivity contribution >= 4 is 17.4 Å². The van der Waals surface area contributed by atoms with Gasteiger partial charge in [-0.1, -0.05) is 13.8 Å². The van der Waals surface area contributed by atoms with Gasteiger partial charge in [-0.05, 0) is 43.4 Å². The van der Waals surface area contributed by atoms with Gasteiger partial charge < -0.3 is 5.32 Å². The smallest absolute Gasteiger partial charge is 0.0991 e. The fraction of sp³-hybridized carbons (Fsp3) is 0.500. The van der Waals surface area contributed by atoms with Crippen LogP contribution in [0.4, 0.5) is 5.69 Å². The highest BCUT2D eigenvalue weighted by atomic mass is 32.2. The molecule has 0 radical (unpaired) electrons. The number of benzene rings is 1. The zero-order valence-corrected chi connectivity index (χ0v) is 11.6. The third-order valence-corrected chi connectivity index (χ3v) is 4.94. The SMILES string of the molecule is CCC(CC)(CNc1ccc(C#N)cc1)SC. The molecule has 0 aliphatic carbocycles. The van der Waals surface area contributed by atoms with Crippen LogP contribution in [0.2, 0.25) is 0 Å². The van der Waals surface area contributed by atoms with Crippen molar-refractivity contribution in [3.8, 4) is 6.07 Å². The van der Waals surface area contributed by atoms with E-state index in [2.05, 4.69) is 31.5 Å². The molecule has 1 rings (SSSR count). The van der Waals surface area contributed by atoms with Gasteiger partial charge >= 0.3 is 0 Å². The summed E-state index contributed by atoms with van der Waals surface area (Å²) in [6, 6.07) is 9.76. The average Bonchev–Trinajstić information content (AvgIpc) is 2.41. The second-order valence-corrected chi connectivity index (χ2v) is 5.41. The molecular weight excluding hydrogens is 228 g/mol. The third-order valence-electron chi connectivity index (χ3n) is 3.35. The molecule has 0 unspecified atom stereocenters. The minimum Gasteiger partial charge on any atom is -0.384 e. The molecule has 17 heavy (non-hydrogen) atoms. The largest absolute Gasteiger partial charge is 0.384 e. The first-order chi connectivity index (χ1) is 8.19. The molecule has 0 aliphatic heterocycles. The molecule has 0 aliphatic rings. The Kier molecular flexibility index (Phi) is 5.37. The first kappa shape index (κ1) is 13.9. The highest BCUT2D eigenvalue weighted by Gasteiger charge is 2.24. The predicted molar refractivity (Wildman–Crippen MR) is 76.5 cm³/mol. The number of thioether (sulfide) groups is 1. The van der Waals surface area contributed by atoms with Crippen LogP contribution in [0.5, 0.6) is 0 Å². The molecule has 0 saturated carbocycles. The number of hydrogen-bond acceptors (Lipinski definition) is 3. The highest BCUT2D eigenvalue weighted by molar-refractivity contribution is 8.00. The van der Waals surface area contributed by atoms with Crippen molar-refractivity contribution in [2.45, 2.75) is 31.4 Å². The number of nitriles is 1. The second kappa shape index (κ2) is 6.56. The van der Waals surface area contributed by atoms with Crippen LogP contribution in [0.1, 0.15) is 32.3 Å². The van der Waals surface area contributed by atoms with Crippen LogP contribution in [-0.4, -0.2) is 17.5 Å². The van der Waals surface area contributed by atoms with E-state index in [1.807, 2.05) is 36.0 Å². The van der Waals surface area contributed by atoms with Crippen LogP contribution in [0.15, 0.2) is 24.3 Å². The van der Waals surface area contributed by atoms with E-state index in [1.54, 1.807) is 0 Å². The van der Waals surface area contributed by atoms with E-state index in [4.69, 9.17) is 5.26 Å². The topological polar surface area (TPSA) is 35.8 Å². The minimum atomic E-state index is 0.313. The fourth-order valence-electron chi connectivity index (χ4n) is 1.79. The summed E-state index contributed by atoms with van der Waals surface area (Å²) in [5, 5.41) is 12.2. The highest BCUT2D eigenvalue weighted by Crippen LogP contribution is 2.30. The fourth-order valence-corrected chi connectivity index (χ4v) is 2.58. The molecular formula is C14H20N2S. The summed E-state index contributed by atoms with van der Waals surface area (Å²) in [6.45, 7) is 5.44. The lowest BCUT2D eigenvalue weighted by molar-refractivity contribution is 0.575. The van der Waals surface area contributed by atoms with E-state index in [1.165, 1.54) is 0 Å². The molecule has 1 aromatic carbocycles. The molecule has 92 valence electrons. The van der Waals surface area contributed by atoms with Gasteiger partial charge in [0.25, 0.3) is 0 Å². The van der Waals surface area contributed by atoms with Gasteiger partial charge in [0.2, 0.25) is 0 Å². The molecule has 0 saturated heterocycles. The average molecular weight is 248 g/mol. The number of rotatable bonds is 6. The zero-order valence-electron chi connectivity index (χ0n) is 10.8. The number of hydrogen-bond donors (Lipinski definition) is 1. The molecule has 1 aromatic rings. The van der Waals surface area contributed by atoms with Gasteiger partial charge in [0.1, 0.15) is 0 Å². The molecule has 0 atom stereocenters. The molecule has 0 amide bonds. The van der Waals surface area contributed by atoms with Gasteiger partial charge in [-0.25, -0.2) is 0 Å². The van der Waals surface area contributed by atoms with Gasteiger partial charge in [0.05, 0.1) is 11.6 Å². The van der Waals surface area contributed by atoms with Crippen molar-refractivity contribution in [2.24, 2.45) is 0 Å². The van der Waals surface area contributed by atoms with Crippen LogP contribution in [0.3, 0.4) is 0 Å². The number of nitrogens with one attached hydrogen (secondary N) is 1. The zero-order chi connectivity index (χ0) is 12.7. The van der Waals surface area contributed by atoms with E-state index < -0.39 is 0 Å². The van der Waals surface area contributed by atoms with Crippen molar-refractivity contribution in [2.75, 3.05) is 18.1 Å². The van der Waals surface area contributed by atoms with E-state index in [0.717, 1.165) is 25.1 Å². The summed E-state index contributed by atoms with van der Waals surface area (Å²) in [7, 11) is 0. The lowest BCUT2D eigenvalue weighted by Gasteiger charge is -2.30. The Labute approximate surface area is 108 Å². The summed E-state index contributed by atoms with van der Waals surface area (Å²) in [6.07, 6.45) is 4.50. The lowest BCUT2D eigenvalue weighted by atomic mass is 10.0. The van der Waals surface area contributed by atoms with Crippen molar-refractivity contribution in [1.29, 1.82) is 5.26 Å². The van der Waals surface area contributed by atoms with Crippen molar-refractivity contribution in [1.82, 2.24) is 0 Å². The normalized spacial score (nSPS) is 10.9. The molecule has 1 N–H and O–H groups in total. The molecule has 0 fully saturated rings. The van der Waals surface area contributed by atoms with Gasteiger partial charge in [0, 0.05) is 17.0 Å². The van der Waals surface area contributed by atoms with Crippen molar-refractivity contribution in [3.63, 3.8) is 0 Å². The molecule has 0 heterocycles. The van der Waals surface area contributed by atoms with E-state index in [0.29, 0.717) is 10.3 Å². The maximum absolute atomic E-state index is 8.73. The first-order valence-electron chi connectivity index (χ1n) is 5.99. The Hall–Kier alpha value is -1.14. The maximum Gasteiger partial charge on any atom is 0.0991 e. The van der Waals surface area contributed by atoms with Crippen molar-refractivity contribution in [3.05, 3.63) is 29.8 Å². The van der Waals surface area contributed by atoms with Gasteiger partial charge in [-0.15, -0.1) is 0 Å². The van der Waals surface area contributed by atoms with Crippen LogP contribution < -0.4 is 5.32 Å². The maximum atomic E-state index is 8.73. The molecule has 3 heteroatoms. The Morgan fingerprint density at radius 1 is 1.24 bits per heavy atom. The van der Waals surface area contributed by atoms with Crippen LogP contribution in [-0.2, 0) is 0 Å². The Balaban J connectivity index is 2.63. The predicted octanol–water partition coefficient (Wildman–Crippen LogP) is 3.89. The number of anilines is 1. The lowest BCUT2D eigenvalue weighted by Crippen LogP contribution is -2.31. The van der Waals surface area contributed by atoms with Gasteiger partial charge in [0.15, 0.2) is 0 Å². The summed E-state index contributed by atoms with van der Waals surface area (Å²) >= 11 is 1.93. The molecule has 0 spiro atoms. The first-order valence-corrected chi connectivity index (χ1v) is 7.21. The summed E-state index contributed by atoms with van der Waals surface area (Å²) in [5.74, 6) is 0. The molecule has 0 aromatic heterocycles. The van der Waals surface area contributed by atoms with Crippen LogP contribution in [0, 0.1) is 11.3 Å². The quantitative estimate of drug-likeness (QED) is 0.829. The summed E-state index contributed by atoms with van der Waals surface area (Å²) in [5.41, 5.74) is 1.79. The number of nitrogens with zero attached hydrogens (tertiary/aromatic N) is 1. The van der Waals surface area contributed by atoms with Crippen molar-refractivity contribution < 1.29 is 0 Å². The standard InChI is InChI=1S/C14H20N2S/c1-4-14(5-2,17-3)11-16-13-8-6-12(10-15)7-9-13/h6-9,16H,4-5,11H2,1-3H3. The summed E-state index contributed by atoms with van der Waals surface area (Å²) < 4.78 is 0.313. The second-order valence-electron chi connectivity index (χ2n) is 4.14. The Morgan fingerprint density at radius 2 is 1.82 bits per heavy atom. The van der Waals surface area contributed by atoms with E-state index in [9.17, 15) is 0 Å². The van der Waals surface area contributed by atoms with Crippen LogP contribution >= 0.6 is 11.8 Å². The third kappa shape index (κ3) is 3.67. The molecule has 0 bridgehead atoms. The monoisotopic (exact) mass is 248 g/mol. The van der Waals surface area contributed by atoms with E-state index >= 15 is 0 Å². The minimum absolute atomic E-state index is 0.313. The summed E-state index contributed by atoms with van der Waals surface area (Å²) in [4.78, 5) is 0. The molecule has 2 nitrogen and oxygen atoms in total. The Morgan fingerprint density at radius 3 is 2.24 bits per heavy atom. The van der Waals surface area contributed by atoms with E-state index in [-0.39, 0.29) is 0 Å². The van der Waals surface area contributed by atoms with Crippen LogP contribution in [0.25, 0.3) is 0 Å². The van der Waals surface area contributed by atoms with Gasteiger partial charge in [-0.3, -0.25) is 0 Å². The Bertz CT molecular complexity index is 366. The van der Waals surface area contributed by atoms with Gasteiger partial charge in [-0.2, -0.15) is 17.0 Å².